The van der Waals surface area contributed by atoms with Crippen molar-refractivity contribution in [2.75, 3.05) is 5.73 Å². The van der Waals surface area contributed by atoms with Gasteiger partial charge in [0.25, 0.3) is 0 Å². The molecule has 1 aromatic heterocycles. The molecule has 2 nitrogen and oxygen atoms in total. The number of thiazole rings is 1. The van der Waals surface area contributed by atoms with Gasteiger partial charge in [-0.2, -0.15) is 0 Å². The zero-order valence-corrected chi connectivity index (χ0v) is 10.7. The van der Waals surface area contributed by atoms with Gasteiger partial charge >= 0.3 is 0 Å². The van der Waals surface area contributed by atoms with Gasteiger partial charge in [0.1, 0.15) is 5.00 Å². The first-order valence-corrected chi connectivity index (χ1v) is 6.83. The monoisotopic (exact) mass is 226 g/mol. The van der Waals surface area contributed by atoms with Crippen LogP contribution in [0.15, 0.2) is 0 Å². The highest BCUT2D eigenvalue weighted by atomic mass is 32.1. The molecular weight excluding hydrogens is 204 g/mol. The first kappa shape index (κ1) is 12.5. The van der Waals surface area contributed by atoms with Crippen molar-refractivity contribution in [2.45, 2.75) is 58.8 Å². The van der Waals surface area contributed by atoms with E-state index in [0.29, 0.717) is 0 Å². The fourth-order valence-corrected chi connectivity index (χ4v) is 2.46. The van der Waals surface area contributed by atoms with Crippen LogP contribution in [0.3, 0.4) is 0 Å². The molecule has 0 aromatic carbocycles. The number of nitrogens with zero attached hydrogens (tertiary/aromatic N) is 1. The molecule has 0 saturated heterocycles. The second kappa shape index (κ2) is 6.83. The fourth-order valence-electron chi connectivity index (χ4n) is 1.64. The van der Waals surface area contributed by atoms with E-state index in [1.807, 2.05) is 0 Å². The maximum Gasteiger partial charge on any atom is 0.109 e. The highest BCUT2D eigenvalue weighted by Crippen LogP contribution is 2.23. The molecule has 1 aromatic rings. The molecule has 1 rings (SSSR count). The average Bonchev–Trinajstić information content (AvgIpc) is 2.59. The molecule has 0 unspecified atom stereocenters. The van der Waals surface area contributed by atoms with E-state index in [1.165, 1.54) is 37.1 Å². The first-order chi connectivity index (χ1) is 7.27. The van der Waals surface area contributed by atoms with Crippen LogP contribution in [0.1, 0.15) is 56.7 Å². The van der Waals surface area contributed by atoms with Gasteiger partial charge < -0.3 is 5.73 Å². The number of rotatable bonds is 7. The summed E-state index contributed by atoms with van der Waals surface area (Å²) in [5.74, 6) is 0. The number of hydrogen-bond donors (Lipinski definition) is 1. The molecule has 0 atom stereocenters. The summed E-state index contributed by atoms with van der Waals surface area (Å²) < 4.78 is 0. The molecule has 86 valence electrons. The van der Waals surface area contributed by atoms with Crippen molar-refractivity contribution in [1.29, 1.82) is 0 Å². The molecule has 0 bridgehead atoms. The lowest BCUT2D eigenvalue weighted by molar-refractivity contribution is 0.629. The van der Waals surface area contributed by atoms with Gasteiger partial charge in [-0.15, -0.1) is 11.3 Å². The lowest BCUT2D eigenvalue weighted by Gasteiger charge is -1.98. The van der Waals surface area contributed by atoms with Gasteiger partial charge in [-0.3, -0.25) is 0 Å². The van der Waals surface area contributed by atoms with Crippen LogP contribution in [0.2, 0.25) is 0 Å². The molecule has 0 radical (unpaired) electrons. The van der Waals surface area contributed by atoms with Crippen molar-refractivity contribution in [3.8, 4) is 0 Å². The smallest absolute Gasteiger partial charge is 0.109 e. The Hall–Kier alpha value is -0.570. The molecule has 0 spiro atoms. The van der Waals surface area contributed by atoms with Crippen molar-refractivity contribution >= 4 is 16.3 Å². The molecule has 0 amide bonds. The molecule has 0 aliphatic carbocycles. The third kappa shape index (κ3) is 4.20. The zero-order chi connectivity index (χ0) is 11.1. The molecule has 0 fully saturated rings. The van der Waals surface area contributed by atoms with E-state index in [1.54, 1.807) is 11.3 Å². The number of anilines is 1. The lowest BCUT2D eigenvalue weighted by Crippen LogP contribution is -1.92. The number of aromatic nitrogens is 1. The van der Waals surface area contributed by atoms with Crippen molar-refractivity contribution in [3.05, 3.63) is 10.7 Å². The highest BCUT2D eigenvalue weighted by Gasteiger charge is 2.06. The number of unbranched alkanes of at least 4 members (excludes halogenated alkanes) is 4. The summed E-state index contributed by atoms with van der Waals surface area (Å²) in [6.07, 6.45) is 8.62. The minimum Gasteiger partial charge on any atom is -0.389 e. The van der Waals surface area contributed by atoms with Crippen LogP contribution in [-0.4, -0.2) is 4.98 Å². The summed E-state index contributed by atoms with van der Waals surface area (Å²) in [7, 11) is 0. The van der Waals surface area contributed by atoms with Gasteiger partial charge in [-0.1, -0.05) is 39.5 Å². The molecular formula is C12H22N2S. The third-order valence-electron chi connectivity index (χ3n) is 2.59. The van der Waals surface area contributed by atoms with Crippen LogP contribution in [0.5, 0.6) is 0 Å². The quantitative estimate of drug-likeness (QED) is 0.718. The third-order valence-corrected chi connectivity index (χ3v) is 3.66. The second-order valence-corrected chi connectivity index (χ2v) is 5.05. The summed E-state index contributed by atoms with van der Waals surface area (Å²) in [5.41, 5.74) is 7.05. The molecule has 1 heterocycles. The van der Waals surface area contributed by atoms with Crippen molar-refractivity contribution in [1.82, 2.24) is 4.98 Å². The van der Waals surface area contributed by atoms with Gasteiger partial charge in [-0.25, -0.2) is 4.98 Å². The predicted octanol–water partition coefficient (Wildman–Crippen LogP) is 3.80. The van der Waals surface area contributed by atoms with Gasteiger partial charge in [0.05, 0.1) is 10.7 Å². The Labute approximate surface area is 96.9 Å². The van der Waals surface area contributed by atoms with E-state index in [9.17, 15) is 0 Å². The van der Waals surface area contributed by atoms with Crippen LogP contribution in [0.25, 0.3) is 0 Å². The average molecular weight is 226 g/mol. The Morgan fingerprint density at radius 2 is 1.87 bits per heavy atom. The van der Waals surface area contributed by atoms with Crippen LogP contribution < -0.4 is 5.73 Å². The number of nitrogens with two attached hydrogens (primary N) is 1. The summed E-state index contributed by atoms with van der Waals surface area (Å²) in [5, 5.41) is 2.11. The Balaban J connectivity index is 2.27. The Morgan fingerprint density at radius 3 is 2.47 bits per heavy atom. The van der Waals surface area contributed by atoms with Crippen LogP contribution in [0.4, 0.5) is 5.00 Å². The molecule has 15 heavy (non-hydrogen) atoms. The molecule has 0 aliphatic rings. The number of hydrogen-bond acceptors (Lipinski definition) is 3. The summed E-state index contributed by atoms with van der Waals surface area (Å²) >= 11 is 1.65. The highest BCUT2D eigenvalue weighted by molar-refractivity contribution is 7.15. The van der Waals surface area contributed by atoms with E-state index in [0.717, 1.165) is 23.5 Å². The van der Waals surface area contributed by atoms with E-state index >= 15 is 0 Å². The van der Waals surface area contributed by atoms with E-state index in [2.05, 4.69) is 18.8 Å². The van der Waals surface area contributed by atoms with Crippen LogP contribution >= 0.6 is 11.3 Å². The molecule has 0 aliphatic heterocycles. The van der Waals surface area contributed by atoms with Crippen LogP contribution in [-0.2, 0) is 12.8 Å². The number of aryl methyl sites for hydroxylation is 2. The molecule has 3 heteroatoms. The van der Waals surface area contributed by atoms with Gasteiger partial charge in [0, 0.05) is 0 Å². The molecule has 2 N–H and O–H groups in total. The molecule has 0 saturated carbocycles. The second-order valence-electron chi connectivity index (χ2n) is 3.94. The normalized spacial score (nSPS) is 10.8. The summed E-state index contributed by atoms with van der Waals surface area (Å²) in [6.45, 7) is 4.37. The van der Waals surface area contributed by atoms with Crippen molar-refractivity contribution < 1.29 is 0 Å². The first-order valence-electron chi connectivity index (χ1n) is 6.02. The summed E-state index contributed by atoms with van der Waals surface area (Å²) in [6, 6.07) is 0. The minimum absolute atomic E-state index is 0.933. The van der Waals surface area contributed by atoms with Gasteiger partial charge in [0.15, 0.2) is 0 Å². The van der Waals surface area contributed by atoms with Gasteiger partial charge in [-0.05, 0) is 19.3 Å². The fraction of sp³-hybridized carbons (Fsp3) is 0.750. The number of nitrogen functional groups attached to an aromatic ring is 1. The van der Waals surface area contributed by atoms with Crippen LogP contribution in [0, 0.1) is 0 Å². The topological polar surface area (TPSA) is 38.9 Å². The van der Waals surface area contributed by atoms with E-state index in [4.69, 9.17) is 5.73 Å². The van der Waals surface area contributed by atoms with Crippen molar-refractivity contribution in [3.63, 3.8) is 0 Å². The SMILES string of the molecule is CCCCCCCc1nc(CC)sc1N. The lowest BCUT2D eigenvalue weighted by atomic mass is 10.1. The summed E-state index contributed by atoms with van der Waals surface area (Å²) in [4.78, 5) is 4.54. The largest absolute Gasteiger partial charge is 0.389 e. The maximum absolute atomic E-state index is 5.91. The predicted molar refractivity (Wildman–Crippen MR) is 68.4 cm³/mol. The van der Waals surface area contributed by atoms with E-state index < -0.39 is 0 Å². The maximum atomic E-state index is 5.91. The van der Waals surface area contributed by atoms with Gasteiger partial charge in [0.2, 0.25) is 0 Å². The minimum atomic E-state index is 0.933. The Bertz CT molecular complexity index is 281. The zero-order valence-electron chi connectivity index (χ0n) is 9.88. The Kier molecular flexibility index (Phi) is 5.69. The Morgan fingerprint density at radius 1 is 1.13 bits per heavy atom. The van der Waals surface area contributed by atoms with E-state index in [-0.39, 0.29) is 0 Å². The standard InChI is InChI=1S/C12H22N2S/c1-3-5-6-7-8-9-10-12(13)15-11(4-2)14-10/h3-9,13H2,1-2H3. The van der Waals surface area contributed by atoms with Crippen molar-refractivity contribution in [2.24, 2.45) is 0 Å².